The third kappa shape index (κ3) is 14.2. The summed E-state index contributed by atoms with van der Waals surface area (Å²) >= 11 is 4.39. The van der Waals surface area contributed by atoms with E-state index in [4.69, 9.17) is 31.4 Å². The maximum absolute atomic E-state index is 13.6. The van der Waals surface area contributed by atoms with Gasteiger partial charge in [0.1, 0.15) is 0 Å². The summed E-state index contributed by atoms with van der Waals surface area (Å²) in [7, 11) is 0. The van der Waals surface area contributed by atoms with E-state index in [1.165, 1.54) is 51.4 Å². The summed E-state index contributed by atoms with van der Waals surface area (Å²) < 4.78 is 20.7. The van der Waals surface area contributed by atoms with Gasteiger partial charge in [-0.15, -0.1) is 6.58 Å². The first-order chi connectivity index (χ1) is 28.6. The largest absolute Gasteiger partial charge is 0.378 e. The number of fused-ring (bicyclic) bond motifs is 5. The van der Waals surface area contributed by atoms with Crippen LogP contribution in [0.3, 0.4) is 0 Å². The first-order valence-electron chi connectivity index (χ1n) is 25.1. The summed E-state index contributed by atoms with van der Waals surface area (Å²) in [5, 5.41) is 0. The maximum atomic E-state index is 13.6. The average molecular weight is 847 g/mol. The highest BCUT2D eigenvalue weighted by atomic mass is 32.1. The Bertz CT molecular complexity index is 1180. The summed E-state index contributed by atoms with van der Waals surface area (Å²) in [5.41, 5.74) is 18.7. The molecular formula is C50H94N4O4S. The number of ether oxygens (including phenoxy) is 3. The number of carbonyl (C=O) groups excluding carboxylic acids is 1. The van der Waals surface area contributed by atoms with Crippen LogP contribution in [0.15, 0.2) is 12.7 Å². The molecule has 0 radical (unpaired) electrons. The van der Waals surface area contributed by atoms with Crippen LogP contribution in [0, 0.1) is 46.3 Å². The van der Waals surface area contributed by atoms with E-state index in [9.17, 15) is 4.79 Å². The van der Waals surface area contributed by atoms with Crippen LogP contribution in [0.1, 0.15) is 175 Å². The molecule has 1 amide bonds. The quantitative estimate of drug-likeness (QED) is 0.0311. The molecule has 0 bridgehead atoms. The lowest BCUT2D eigenvalue weighted by molar-refractivity contribution is -0.227. The minimum atomic E-state index is 0.0722. The normalized spacial score (nSPS) is 32.5. The molecule has 0 aromatic rings. The highest BCUT2D eigenvalue weighted by Gasteiger charge is 2.66. The molecule has 0 heterocycles. The zero-order valence-corrected chi connectivity index (χ0v) is 39.6. The molecule has 4 aliphatic rings. The number of hydrogen-bond donors (Lipinski definition) is 4. The number of hydrogen-bond acceptors (Lipinski definition) is 8. The first-order valence-corrected chi connectivity index (χ1v) is 25.7. The van der Waals surface area contributed by atoms with E-state index in [1.54, 1.807) is 0 Å². The number of unbranched alkanes of at least 4 members (excludes halogenated alkanes) is 7. The van der Waals surface area contributed by atoms with Crippen molar-refractivity contribution in [3.8, 4) is 0 Å². The lowest BCUT2D eigenvalue weighted by Gasteiger charge is -2.65. The van der Waals surface area contributed by atoms with Crippen molar-refractivity contribution in [2.24, 2.45) is 63.5 Å². The Morgan fingerprint density at radius 2 is 1.54 bits per heavy atom. The van der Waals surface area contributed by atoms with E-state index in [1.807, 2.05) is 6.08 Å². The van der Waals surface area contributed by atoms with Gasteiger partial charge in [0.15, 0.2) is 0 Å². The van der Waals surface area contributed by atoms with Crippen molar-refractivity contribution in [3.05, 3.63) is 12.7 Å². The van der Waals surface area contributed by atoms with Gasteiger partial charge in [-0.05, 0) is 162 Å². The van der Waals surface area contributed by atoms with Crippen molar-refractivity contribution in [2.75, 3.05) is 51.8 Å². The molecule has 59 heavy (non-hydrogen) atoms. The summed E-state index contributed by atoms with van der Waals surface area (Å²) in [4.78, 5) is 15.8. The summed E-state index contributed by atoms with van der Waals surface area (Å²) in [6.45, 7) is 19.4. The van der Waals surface area contributed by atoms with Crippen molar-refractivity contribution >= 4 is 18.5 Å². The van der Waals surface area contributed by atoms with Crippen molar-refractivity contribution in [1.29, 1.82) is 0 Å². The highest BCUT2D eigenvalue weighted by molar-refractivity contribution is 7.80. The minimum absolute atomic E-state index is 0.0722. The zero-order chi connectivity index (χ0) is 42.7. The van der Waals surface area contributed by atoms with Crippen LogP contribution < -0.4 is 17.2 Å². The second-order valence-corrected chi connectivity index (χ2v) is 20.7. The molecular weight excluding hydrogens is 753 g/mol. The molecule has 0 aromatic heterocycles. The predicted octanol–water partition coefficient (Wildman–Crippen LogP) is 10.1. The van der Waals surface area contributed by atoms with Crippen LogP contribution >= 0.6 is 12.6 Å². The third-order valence-electron chi connectivity index (χ3n) is 16.4. The van der Waals surface area contributed by atoms with Crippen molar-refractivity contribution in [2.45, 2.75) is 200 Å². The smallest absolute Gasteiger partial charge is 0.222 e. The average Bonchev–Trinajstić information content (AvgIpc) is 3.58. The Labute approximate surface area is 368 Å². The molecule has 6 unspecified atom stereocenters. The van der Waals surface area contributed by atoms with Crippen molar-refractivity contribution in [3.63, 3.8) is 0 Å². The highest BCUT2D eigenvalue weighted by Crippen LogP contribution is 2.69. The molecule has 344 valence electrons. The van der Waals surface area contributed by atoms with Crippen LogP contribution in [-0.2, 0) is 19.0 Å². The number of amides is 1. The van der Waals surface area contributed by atoms with Crippen LogP contribution in [0.5, 0.6) is 0 Å². The fourth-order valence-corrected chi connectivity index (χ4v) is 13.2. The molecule has 0 aromatic carbocycles. The second-order valence-electron chi connectivity index (χ2n) is 20.2. The van der Waals surface area contributed by atoms with Gasteiger partial charge in [-0.3, -0.25) is 4.79 Å². The minimum Gasteiger partial charge on any atom is -0.378 e. The number of nitrogens with zero attached hydrogens (tertiary/aromatic N) is 1. The van der Waals surface area contributed by atoms with Gasteiger partial charge in [0.25, 0.3) is 0 Å². The number of nitrogens with two attached hydrogens (primary N) is 3. The summed E-state index contributed by atoms with van der Waals surface area (Å²) in [6.07, 6.45) is 28.0. The van der Waals surface area contributed by atoms with Crippen LogP contribution in [-0.4, -0.2) is 86.9 Å². The maximum Gasteiger partial charge on any atom is 0.222 e. The Morgan fingerprint density at radius 1 is 0.831 bits per heavy atom. The van der Waals surface area contributed by atoms with E-state index in [0.29, 0.717) is 73.6 Å². The van der Waals surface area contributed by atoms with E-state index in [2.05, 4.69) is 51.8 Å². The fraction of sp³-hybridized carbons (Fsp3) is 0.940. The molecule has 0 saturated heterocycles. The van der Waals surface area contributed by atoms with Crippen LogP contribution in [0.2, 0.25) is 0 Å². The van der Waals surface area contributed by atoms with Gasteiger partial charge in [0, 0.05) is 50.8 Å². The molecule has 4 fully saturated rings. The third-order valence-corrected chi connectivity index (χ3v) is 16.7. The molecule has 9 heteroatoms. The SMILES string of the molecule is C=CCC(N)CCO[C@@H]1CC2C[C@H](OCCCN)CCC2(C)[C@H]2C[C@H](OCCCN)C3(C)C([C@H](C)CCCN(CCCCCCCC)C(=O)CCCCCS)CC[C@H]3C12. The van der Waals surface area contributed by atoms with Gasteiger partial charge in [-0.25, -0.2) is 0 Å². The van der Waals surface area contributed by atoms with Crippen LogP contribution in [0.4, 0.5) is 0 Å². The molecule has 4 saturated carbocycles. The molecule has 4 aliphatic carbocycles. The molecule has 8 nitrogen and oxygen atoms in total. The number of rotatable bonds is 31. The molecule has 4 rings (SSSR count). The number of thiol groups is 1. The van der Waals surface area contributed by atoms with Gasteiger partial charge in [-0.2, -0.15) is 12.6 Å². The second kappa shape index (κ2) is 26.8. The fourth-order valence-electron chi connectivity index (χ4n) is 13.0. The molecule has 12 atom stereocenters. The Kier molecular flexibility index (Phi) is 23.2. The zero-order valence-electron chi connectivity index (χ0n) is 38.7. The topological polar surface area (TPSA) is 126 Å². The van der Waals surface area contributed by atoms with Crippen molar-refractivity contribution in [1.82, 2.24) is 4.90 Å². The lowest BCUT2D eigenvalue weighted by atomic mass is 9.43. The van der Waals surface area contributed by atoms with E-state index < -0.39 is 0 Å². The van der Waals surface area contributed by atoms with Gasteiger partial charge in [-0.1, -0.05) is 72.3 Å². The van der Waals surface area contributed by atoms with E-state index in [0.717, 1.165) is 122 Å². The molecule has 0 spiro atoms. The number of carbonyl (C=O) groups is 1. The van der Waals surface area contributed by atoms with Crippen LogP contribution in [0.25, 0.3) is 0 Å². The Balaban J connectivity index is 1.52. The van der Waals surface area contributed by atoms with E-state index >= 15 is 0 Å². The molecule has 6 N–H and O–H groups in total. The lowest BCUT2D eigenvalue weighted by Crippen LogP contribution is -2.63. The summed E-state index contributed by atoms with van der Waals surface area (Å²) in [5.74, 6) is 4.62. The van der Waals surface area contributed by atoms with Gasteiger partial charge >= 0.3 is 0 Å². The Hall–Kier alpha value is -0.680. The van der Waals surface area contributed by atoms with Crippen molar-refractivity contribution < 1.29 is 19.0 Å². The van der Waals surface area contributed by atoms with Gasteiger partial charge in [0.05, 0.1) is 18.3 Å². The van der Waals surface area contributed by atoms with E-state index in [-0.39, 0.29) is 29.1 Å². The van der Waals surface area contributed by atoms with Gasteiger partial charge < -0.3 is 36.3 Å². The monoisotopic (exact) mass is 847 g/mol. The predicted molar refractivity (Wildman–Crippen MR) is 251 cm³/mol. The summed E-state index contributed by atoms with van der Waals surface area (Å²) in [6, 6.07) is 0.0934. The Morgan fingerprint density at radius 3 is 2.27 bits per heavy atom. The van der Waals surface area contributed by atoms with Gasteiger partial charge in [0.2, 0.25) is 5.91 Å². The standard InChI is InChI=1S/C50H94N4O4S/c1-6-8-9-10-11-14-29-54(47(55)21-13-12-15-34-59)30-16-20-38(3)42-22-23-43-48-44(37-46(50(42,43)5)58-32-18-28-52)49(4)26-24-41(56-31-17-27-51)35-39(49)36-45(48)57-33-25-40(53)19-7-2/h7,38-46,48,59H,2,6,8-37,51-53H2,1,3-5H3/t38-,39?,40?,41-,42?,43+,44+,45-,46+,48?,49?,50?/m1/s1. The first kappa shape index (κ1) is 51.0. The molecule has 0 aliphatic heterocycles.